The number of nitrogens with zero attached hydrogens (tertiary/aromatic N) is 3. The molecule has 202 valence electrons. The minimum atomic E-state index is -4.49. The van der Waals surface area contributed by atoms with E-state index in [1.807, 2.05) is 0 Å². The standard InChI is InChI=1S/C24H28F6N6O/c1-32-16(7-15-8-18(26)19(27)10-17(15)25)9-22(37)35-5-6-36(13-24(28,29)30)20(12-35)23(31)14-3-4-21(33-2)34-11-14/h3-4,8,10-11,16,32H,5-7,9,12-13,31H2,1-2H3,(H,33,34)/b23-20-. The zero-order valence-corrected chi connectivity index (χ0v) is 20.3. The normalized spacial score (nSPS) is 16.5. The molecule has 3 rings (SSSR count). The van der Waals surface area contributed by atoms with Gasteiger partial charge in [-0.3, -0.25) is 4.79 Å². The SMILES string of the molecule is CNc1ccc(/C(N)=C2\CN(C(=O)CC(Cc3cc(F)c(F)cc3F)NC)CCN2CC(F)(F)F)cn1. The van der Waals surface area contributed by atoms with Gasteiger partial charge in [0.15, 0.2) is 11.6 Å². The molecule has 1 fully saturated rings. The molecule has 1 aliphatic rings. The quantitative estimate of drug-likeness (QED) is 0.359. The molecular formula is C24H28F6N6O. The first-order valence-corrected chi connectivity index (χ1v) is 11.4. The van der Waals surface area contributed by atoms with Crippen LogP contribution in [0.25, 0.3) is 5.70 Å². The number of rotatable bonds is 8. The third-order valence-corrected chi connectivity index (χ3v) is 6.11. The second kappa shape index (κ2) is 11.7. The molecule has 7 nitrogen and oxygen atoms in total. The van der Waals surface area contributed by atoms with Gasteiger partial charge in [0, 0.05) is 50.4 Å². The number of hydrogen-bond acceptors (Lipinski definition) is 6. The van der Waals surface area contributed by atoms with E-state index in [4.69, 9.17) is 5.73 Å². The predicted molar refractivity (Wildman–Crippen MR) is 127 cm³/mol. The number of nitrogens with one attached hydrogen (secondary N) is 2. The molecule has 0 aliphatic carbocycles. The van der Waals surface area contributed by atoms with Crippen LogP contribution >= 0.6 is 0 Å². The maximum Gasteiger partial charge on any atom is 0.405 e. The number of carbonyl (C=O) groups excluding carboxylic acids is 1. The van der Waals surface area contributed by atoms with Crippen LogP contribution in [0.1, 0.15) is 17.5 Å². The van der Waals surface area contributed by atoms with Crippen molar-refractivity contribution in [3.05, 3.63) is 64.7 Å². The highest BCUT2D eigenvalue weighted by molar-refractivity contribution is 5.78. The summed E-state index contributed by atoms with van der Waals surface area (Å²) >= 11 is 0. The average Bonchev–Trinajstić information content (AvgIpc) is 2.85. The average molecular weight is 531 g/mol. The summed E-state index contributed by atoms with van der Waals surface area (Å²) < 4.78 is 80.7. The largest absolute Gasteiger partial charge is 0.405 e. The lowest BCUT2D eigenvalue weighted by Crippen LogP contribution is -2.51. The van der Waals surface area contributed by atoms with Crippen LogP contribution in [0.3, 0.4) is 0 Å². The Labute approximate surface area is 210 Å². The highest BCUT2D eigenvalue weighted by Gasteiger charge is 2.36. The van der Waals surface area contributed by atoms with Gasteiger partial charge < -0.3 is 26.2 Å². The number of nitrogens with two attached hydrogens (primary N) is 1. The summed E-state index contributed by atoms with van der Waals surface area (Å²) in [5.41, 5.74) is 6.74. The van der Waals surface area contributed by atoms with E-state index >= 15 is 0 Å². The Balaban J connectivity index is 1.80. The van der Waals surface area contributed by atoms with Gasteiger partial charge in [0.25, 0.3) is 0 Å². The third kappa shape index (κ3) is 7.28. The van der Waals surface area contributed by atoms with Gasteiger partial charge in [-0.1, -0.05) is 0 Å². The molecule has 13 heteroatoms. The fraction of sp³-hybridized carbons (Fsp3) is 0.417. The van der Waals surface area contributed by atoms with E-state index in [-0.39, 0.29) is 49.4 Å². The minimum absolute atomic E-state index is 0.0125. The number of likely N-dealkylation sites (N-methyl/N-ethyl adjacent to an activating group) is 1. The first-order valence-electron chi connectivity index (χ1n) is 11.4. The lowest BCUT2D eigenvalue weighted by molar-refractivity contribution is -0.146. The van der Waals surface area contributed by atoms with Crippen LogP contribution in [0.5, 0.6) is 0 Å². The molecule has 4 N–H and O–H groups in total. The van der Waals surface area contributed by atoms with Crippen molar-refractivity contribution in [1.29, 1.82) is 0 Å². The van der Waals surface area contributed by atoms with E-state index in [1.165, 1.54) is 18.1 Å². The lowest BCUT2D eigenvalue weighted by Gasteiger charge is -2.39. The molecule has 37 heavy (non-hydrogen) atoms. The summed E-state index contributed by atoms with van der Waals surface area (Å²) in [6.07, 6.45) is -3.32. The van der Waals surface area contributed by atoms with Crippen LogP contribution in [0.4, 0.5) is 32.2 Å². The summed E-state index contributed by atoms with van der Waals surface area (Å²) in [5, 5.41) is 5.69. The fourth-order valence-corrected chi connectivity index (χ4v) is 4.07. The lowest BCUT2D eigenvalue weighted by atomic mass is 10.0. The Bertz CT molecular complexity index is 1140. The molecule has 1 atom stereocenters. The summed E-state index contributed by atoms with van der Waals surface area (Å²) in [5.74, 6) is -3.33. The number of carbonyl (C=O) groups is 1. The van der Waals surface area contributed by atoms with Gasteiger partial charge in [0.05, 0.1) is 17.9 Å². The molecule has 1 aliphatic heterocycles. The number of hydrogen-bond donors (Lipinski definition) is 3. The monoisotopic (exact) mass is 530 g/mol. The summed E-state index contributed by atoms with van der Waals surface area (Å²) in [6.45, 7) is -1.50. The Kier molecular flexibility index (Phi) is 8.89. The van der Waals surface area contributed by atoms with Gasteiger partial charge in [-0.15, -0.1) is 0 Å². The number of halogens is 6. The van der Waals surface area contributed by atoms with Gasteiger partial charge in [0.2, 0.25) is 5.91 Å². The van der Waals surface area contributed by atoms with Gasteiger partial charge in [-0.05, 0) is 37.2 Å². The molecule has 1 aromatic heterocycles. The highest BCUT2D eigenvalue weighted by Crippen LogP contribution is 2.27. The maximum atomic E-state index is 14.1. The van der Waals surface area contributed by atoms with Gasteiger partial charge in [-0.2, -0.15) is 13.2 Å². The second-order valence-electron chi connectivity index (χ2n) is 8.65. The topological polar surface area (TPSA) is 86.5 Å². The molecule has 0 radical (unpaired) electrons. The van der Waals surface area contributed by atoms with E-state index in [0.29, 0.717) is 17.4 Å². The summed E-state index contributed by atoms with van der Waals surface area (Å²) in [6, 6.07) is 3.78. The molecule has 1 unspecified atom stereocenters. The number of piperazine rings is 1. The molecule has 2 aromatic rings. The summed E-state index contributed by atoms with van der Waals surface area (Å²) in [4.78, 5) is 19.7. The fourth-order valence-electron chi connectivity index (χ4n) is 4.07. The third-order valence-electron chi connectivity index (χ3n) is 6.11. The number of amides is 1. The second-order valence-corrected chi connectivity index (χ2v) is 8.65. The van der Waals surface area contributed by atoms with Crippen LogP contribution in [0.15, 0.2) is 36.2 Å². The Hall–Kier alpha value is -3.48. The smallest absolute Gasteiger partial charge is 0.397 e. The van der Waals surface area contributed by atoms with Crippen molar-refractivity contribution >= 4 is 17.4 Å². The first kappa shape index (κ1) is 28.1. The van der Waals surface area contributed by atoms with Crippen molar-refractivity contribution < 1.29 is 31.1 Å². The molecule has 1 aromatic carbocycles. The Morgan fingerprint density at radius 1 is 1.11 bits per heavy atom. The molecule has 1 saturated heterocycles. The minimum Gasteiger partial charge on any atom is -0.397 e. The molecule has 0 bridgehead atoms. The van der Waals surface area contributed by atoms with Gasteiger partial charge >= 0.3 is 6.18 Å². The zero-order valence-electron chi connectivity index (χ0n) is 20.3. The van der Waals surface area contributed by atoms with Crippen LogP contribution in [-0.4, -0.2) is 73.2 Å². The van der Waals surface area contributed by atoms with E-state index in [1.54, 1.807) is 19.2 Å². The van der Waals surface area contributed by atoms with Gasteiger partial charge in [-0.25, -0.2) is 18.2 Å². The van der Waals surface area contributed by atoms with Crippen LogP contribution in [-0.2, 0) is 11.2 Å². The molecule has 2 heterocycles. The van der Waals surface area contributed by atoms with Crippen LogP contribution < -0.4 is 16.4 Å². The van der Waals surface area contributed by atoms with Crippen molar-refractivity contribution in [3.8, 4) is 0 Å². The number of pyridine rings is 1. The van der Waals surface area contributed by atoms with E-state index in [0.717, 1.165) is 11.0 Å². The highest BCUT2D eigenvalue weighted by atomic mass is 19.4. The van der Waals surface area contributed by atoms with Crippen LogP contribution in [0, 0.1) is 17.5 Å². The van der Waals surface area contributed by atoms with Crippen molar-refractivity contribution in [2.45, 2.75) is 25.1 Å². The van der Waals surface area contributed by atoms with Crippen molar-refractivity contribution in [3.63, 3.8) is 0 Å². The Morgan fingerprint density at radius 3 is 2.41 bits per heavy atom. The molecule has 1 amide bonds. The molecular weight excluding hydrogens is 502 g/mol. The number of benzene rings is 1. The van der Waals surface area contributed by atoms with Crippen molar-refractivity contribution in [2.75, 3.05) is 45.6 Å². The maximum absolute atomic E-state index is 14.1. The Morgan fingerprint density at radius 2 is 1.81 bits per heavy atom. The first-order chi connectivity index (χ1) is 17.4. The molecule has 0 spiro atoms. The van der Waals surface area contributed by atoms with Crippen molar-refractivity contribution in [1.82, 2.24) is 20.1 Å². The predicted octanol–water partition coefficient (Wildman–Crippen LogP) is 3.10. The summed E-state index contributed by atoms with van der Waals surface area (Å²) in [7, 11) is 3.20. The number of anilines is 1. The van der Waals surface area contributed by atoms with E-state index in [9.17, 15) is 31.1 Å². The van der Waals surface area contributed by atoms with E-state index < -0.39 is 42.1 Å². The van der Waals surface area contributed by atoms with Crippen molar-refractivity contribution in [2.24, 2.45) is 5.73 Å². The number of aromatic nitrogens is 1. The molecule has 0 saturated carbocycles. The van der Waals surface area contributed by atoms with Crippen LogP contribution in [0.2, 0.25) is 0 Å². The van der Waals surface area contributed by atoms with Gasteiger partial charge in [0.1, 0.15) is 18.2 Å². The number of alkyl halides is 3. The zero-order chi connectivity index (χ0) is 27.3. The van der Waals surface area contributed by atoms with E-state index in [2.05, 4.69) is 15.6 Å².